The summed E-state index contributed by atoms with van der Waals surface area (Å²) in [5.41, 5.74) is -0.149. The fourth-order valence-electron chi connectivity index (χ4n) is 2.73. The van der Waals surface area contributed by atoms with Gasteiger partial charge in [-0.25, -0.2) is 8.42 Å². The smallest absolute Gasteiger partial charge is 0.485 e. The zero-order valence-corrected chi connectivity index (χ0v) is 19.2. The topological polar surface area (TPSA) is 192 Å². The Morgan fingerprint density at radius 3 is 2.03 bits per heavy atom. The van der Waals surface area contributed by atoms with Crippen LogP contribution in [0.1, 0.15) is 37.4 Å². The number of esters is 3. The minimum atomic E-state index is -6.09. The molecule has 35 heavy (non-hydrogen) atoms. The number of primary amides is 1. The second-order valence-corrected chi connectivity index (χ2v) is 8.19. The molecule has 1 aromatic heterocycles. The van der Waals surface area contributed by atoms with Crippen LogP contribution in [0, 0.1) is 0 Å². The van der Waals surface area contributed by atoms with Gasteiger partial charge in [-0.05, 0) is 6.07 Å². The monoisotopic (exact) mass is 530 g/mol. The molecule has 1 saturated heterocycles. The first-order valence-electron chi connectivity index (χ1n) is 9.40. The number of nitrogens with two attached hydrogens (primary N) is 1. The quantitative estimate of drug-likeness (QED) is 0.163. The second kappa shape index (κ2) is 11.9. The second-order valence-electron chi connectivity index (χ2n) is 6.82. The summed E-state index contributed by atoms with van der Waals surface area (Å²) < 4.78 is 81.7. The van der Waals surface area contributed by atoms with E-state index in [0.29, 0.717) is 0 Å². The lowest BCUT2D eigenvalue weighted by molar-refractivity contribution is -0.765. The van der Waals surface area contributed by atoms with Gasteiger partial charge in [-0.2, -0.15) is 17.7 Å². The summed E-state index contributed by atoms with van der Waals surface area (Å²) in [5.74, 6) is -2.44. The molecule has 1 amide bonds. The van der Waals surface area contributed by atoms with Crippen LogP contribution in [0.2, 0.25) is 0 Å². The number of aromatic nitrogens is 1. The van der Waals surface area contributed by atoms with Gasteiger partial charge in [-0.1, -0.05) is 0 Å². The molecule has 0 spiro atoms. The van der Waals surface area contributed by atoms with Crippen LogP contribution in [0.3, 0.4) is 0 Å². The van der Waals surface area contributed by atoms with Gasteiger partial charge in [-0.15, -0.1) is 0 Å². The van der Waals surface area contributed by atoms with E-state index in [1.165, 1.54) is 37.6 Å². The van der Waals surface area contributed by atoms with Crippen molar-refractivity contribution in [1.82, 2.24) is 0 Å². The minimum absolute atomic E-state index is 0.204. The van der Waals surface area contributed by atoms with Crippen LogP contribution in [0.5, 0.6) is 0 Å². The zero-order valence-electron chi connectivity index (χ0n) is 18.4. The number of nitrogens with zero attached hydrogens (tertiary/aromatic N) is 1. The summed E-state index contributed by atoms with van der Waals surface area (Å²) >= 11 is 0. The van der Waals surface area contributed by atoms with Crippen molar-refractivity contribution in [3.63, 3.8) is 0 Å². The minimum Gasteiger partial charge on any atom is -0.741 e. The first-order valence-corrected chi connectivity index (χ1v) is 10.8. The zero-order chi connectivity index (χ0) is 27.1. The Labute approximate surface area is 196 Å². The van der Waals surface area contributed by atoms with Crippen molar-refractivity contribution < 1.29 is 68.8 Å². The number of ether oxygens (including phenoxy) is 4. The van der Waals surface area contributed by atoms with E-state index in [2.05, 4.69) is 0 Å². The highest BCUT2D eigenvalue weighted by atomic mass is 32.2. The third kappa shape index (κ3) is 9.10. The Balaban J connectivity index is 0.000000658. The molecule has 2 N–H and O–H groups in total. The third-order valence-electron chi connectivity index (χ3n) is 4.02. The lowest BCUT2D eigenvalue weighted by Gasteiger charge is -2.21. The molecule has 0 saturated carbocycles. The average Bonchev–Trinajstić information content (AvgIpc) is 3.01. The van der Waals surface area contributed by atoms with Crippen LogP contribution < -0.4 is 10.3 Å². The third-order valence-corrected chi connectivity index (χ3v) is 4.59. The maximum Gasteiger partial charge on any atom is 0.485 e. The molecule has 0 radical (unpaired) electrons. The van der Waals surface area contributed by atoms with E-state index < -0.39 is 64.0 Å². The van der Waals surface area contributed by atoms with Gasteiger partial charge in [0, 0.05) is 26.8 Å². The van der Waals surface area contributed by atoms with E-state index in [9.17, 15) is 32.3 Å². The number of carbonyl (C=O) groups is 4. The first kappa shape index (κ1) is 29.7. The molecule has 2 rings (SSSR count). The molecule has 13 nitrogen and oxygen atoms in total. The largest absolute Gasteiger partial charge is 0.741 e. The Kier molecular flexibility index (Phi) is 10.1. The fourth-order valence-corrected chi connectivity index (χ4v) is 2.73. The molecule has 1 aromatic rings. The Bertz CT molecular complexity index is 1060. The van der Waals surface area contributed by atoms with E-state index in [1.54, 1.807) is 12.3 Å². The molecule has 0 aliphatic carbocycles. The van der Waals surface area contributed by atoms with E-state index in [4.69, 9.17) is 37.7 Å². The van der Waals surface area contributed by atoms with Gasteiger partial charge in [0.05, 0.1) is 0 Å². The summed E-state index contributed by atoms with van der Waals surface area (Å²) in [4.78, 5) is 45.6. The van der Waals surface area contributed by atoms with Crippen LogP contribution in [0.4, 0.5) is 13.2 Å². The van der Waals surface area contributed by atoms with Crippen LogP contribution in [0.15, 0.2) is 24.5 Å². The summed E-state index contributed by atoms with van der Waals surface area (Å²) in [6.07, 6.45) is -0.856. The summed E-state index contributed by atoms with van der Waals surface area (Å²) in [7, 11) is -6.09. The molecular weight excluding hydrogens is 509 g/mol. The number of halogens is 3. The fraction of sp³-hybridized carbons (Fsp3) is 0.500. The number of pyridine rings is 1. The van der Waals surface area contributed by atoms with Crippen molar-refractivity contribution in [2.75, 3.05) is 6.61 Å². The molecular formula is C18H21F3N2O11S. The summed E-state index contributed by atoms with van der Waals surface area (Å²) in [5, 5.41) is 0. The standard InChI is InChI=1S/C17H20N2O8.CHF3O3S/c1-9(20)24-8-13-14(25-10(2)21)15(26-11(3)22)17(27-13)19-6-4-5-12(7-19)16(18)23;2-1(3,4)8(5,6)7/h4-7,13-15,17H,8H2,1-3H3,(H-,18,23);(H,5,6,7)/t13-,14-,15-,17?;/m1./s1. The molecule has 0 bridgehead atoms. The van der Waals surface area contributed by atoms with Gasteiger partial charge < -0.3 is 29.2 Å². The normalized spacial score (nSPS) is 21.8. The average molecular weight is 530 g/mol. The van der Waals surface area contributed by atoms with Crippen LogP contribution >= 0.6 is 0 Å². The Morgan fingerprint density at radius 1 is 1.09 bits per heavy atom. The van der Waals surface area contributed by atoms with Crippen LogP contribution in [-0.4, -0.2) is 67.2 Å². The molecule has 0 aromatic carbocycles. The number of carbonyl (C=O) groups excluding carboxylic acids is 4. The molecule has 1 aliphatic rings. The van der Waals surface area contributed by atoms with Crippen molar-refractivity contribution in [1.29, 1.82) is 0 Å². The van der Waals surface area contributed by atoms with E-state index in [-0.39, 0.29) is 12.2 Å². The summed E-state index contributed by atoms with van der Waals surface area (Å²) in [6, 6.07) is 3.07. The van der Waals surface area contributed by atoms with Gasteiger partial charge in [0.25, 0.3) is 5.91 Å². The highest BCUT2D eigenvalue weighted by Gasteiger charge is 2.54. The number of hydrogen-bond acceptors (Lipinski definition) is 11. The maximum atomic E-state index is 11.6. The van der Waals surface area contributed by atoms with E-state index >= 15 is 0 Å². The van der Waals surface area contributed by atoms with Crippen molar-refractivity contribution in [2.45, 2.75) is 50.8 Å². The summed E-state index contributed by atoms with van der Waals surface area (Å²) in [6.45, 7) is 3.41. The van der Waals surface area contributed by atoms with Crippen LogP contribution in [-0.2, 0) is 43.4 Å². The highest BCUT2D eigenvalue weighted by molar-refractivity contribution is 7.86. The SMILES string of the molecule is CC(=O)OC[C@H]1OC([n+]2cccc(C(N)=O)c2)[C@H](OC(C)=O)[C@@H]1OC(C)=O.O=S(=O)([O-])C(F)(F)F. The Morgan fingerprint density at radius 2 is 1.60 bits per heavy atom. The van der Waals surface area contributed by atoms with Crippen molar-refractivity contribution in [3.05, 3.63) is 30.1 Å². The molecule has 1 unspecified atom stereocenters. The number of rotatable bonds is 6. The highest BCUT2D eigenvalue weighted by Crippen LogP contribution is 2.31. The molecule has 1 aliphatic heterocycles. The van der Waals surface area contributed by atoms with Gasteiger partial charge >= 0.3 is 29.6 Å². The molecule has 17 heteroatoms. The predicted octanol–water partition coefficient (Wildman–Crippen LogP) is -0.552. The lowest BCUT2D eigenvalue weighted by Crippen LogP contribution is -2.48. The maximum absolute atomic E-state index is 11.6. The van der Waals surface area contributed by atoms with Crippen molar-refractivity contribution in [3.8, 4) is 0 Å². The molecule has 196 valence electrons. The number of alkyl halides is 3. The van der Waals surface area contributed by atoms with Crippen LogP contribution in [0.25, 0.3) is 0 Å². The van der Waals surface area contributed by atoms with Gasteiger partial charge in [-0.3, -0.25) is 19.2 Å². The van der Waals surface area contributed by atoms with Crippen molar-refractivity contribution >= 4 is 33.9 Å². The van der Waals surface area contributed by atoms with Gasteiger partial charge in [0.15, 0.2) is 28.6 Å². The van der Waals surface area contributed by atoms with E-state index in [0.717, 1.165) is 0 Å². The molecule has 2 heterocycles. The number of hydrogen-bond donors (Lipinski definition) is 1. The predicted molar refractivity (Wildman–Crippen MR) is 103 cm³/mol. The van der Waals surface area contributed by atoms with E-state index in [1.807, 2.05) is 0 Å². The first-order chi connectivity index (χ1) is 15.9. The number of amides is 1. The van der Waals surface area contributed by atoms with Gasteiger partial charge in [0.1, 0.15) is 18.3 Å². The lowest BCUT2D eigenvalue weighted by atomic mass is 10.1. The van der Waals surface area contributed by atoms with Crippen molar-refractivity contribution in [2.24, 2.45) is 5.73 Å². The van der Waals surface area contributed by atoms with Gasteiger partial charge in [0.2, 0.25) is 6.10 Å². The molecule has 4 atom stereocenters. The molecule has 1 fully saturated rings. The Hall–Kier alpha value is -3.31.